The average molecular weight is 446 g/mol. The summed E-state index contributed by atoms with van der Waals surface area (Å²) in [5.74, 6) is 1.80. The van der Waals surface area contributed by atoms with Gasteiger partial charge in [-0.25, -0.2) is 0 Å². The van der Waals surface area contributed by atoms with Crippen molar-refractivity contribution in [2.24, 2.45) is 23.2 Å². The van der Waals surface area contributed by atoms with E-state index in [4.69, 9.17) is 0 Å². The second-order valence-corrected chi connectivity index (χ2v) is 10.7. The van der Waals surface area contributed by atoms with Gasteiger partial charge in [0.1, 0.15) is 0 Å². The van der Waals surface area contributed by atoms with Crippen molar-refractivity contribution in [2.75, 3.05) is 13.1 Å². The molecule has 1 saturated heterocycles. The molecule has 33 heavy (non-hydrogen) atoms. The maximum atomic E-state index is 13.5. The lowest BCUT2D eigenvalue weighted by atomic mass is 9.79. The van der Waals surface area contributed by atoms with Crippen molar-refractivity contribution in [1.29, 1.82) is 0 Å². The molecule has 5 nitrogen and oxygen atoms in total. The van der Waals surface area contributed by atoms with Crippen molar-refractivity contribution in [3.05, 3.63) is 54.4 Å². The Morgan fingerprint density at radius 3 is 2.52 bits per heavy atom. The number of hydrogen-bond acceptors (Lipinski definition) is 3. The van der Waals surface area contributed by atoms with Crippen molar-refractivity contribution in [1.82, 2.24) is 15.2 Å². The molecule has 3 fully saturated rings. The highest BCUT2D eigenvalue weighted by atomic mass is 16.2. The first-order valence-corrected chi connectivity index (χ1v) is 12.6. The minimum atomic E-state index is -0.573. The monoisotopic (exact) mass is 445 g/mol. The van der Waals surface area contributed by atoms with Crippen LogP contribution in [0.15, 0.2) is 48.8 Å². The van der Waals surface area contributed by atoms with Gasteiger partial charge in [0.25, 0.3) is 0 Å². The van der Waals surface area contributed by atoms with Crippen molar-refractivity contribution in [2.45, 2.75) is 58.4 Å². The molecule has 1 aliphatic heterocycles. The molecule has 0 radical (unpaired) electrons. The normalized spacial score (nSPS) is 28.5. The van der Waals surface area contributed by atoms with Crippen LogP contribution in [0.1, 0.15) is 51.5 Å². The van der Waals surface area contributed by atoms with E-state index in [9.17, 15) is 9.59 Å². The maximum Gasteiger partial charge on any atom is 0.228 e. The summed E-state index contributed by atoms with van der Waals surface area (Å²) in [7, 11) is 0. The van der Waals surface area contributed by atoms with E-state index in [1.165, 1.54) is 25.7 Å². The second kappa shape index (κ2) is 8.92. The summed E-state index contributed by atoms with van der Waals surface area (Å²) in [6.07, 6.45) is 9.90. The van der Waals surface area contributed by atoms with E-state index in [1.807, 2.05) is 30.9 Å². The van der Waals surface area contributed by atoms with Crippen molar-refractivity contribution < 1.29 is 9.59 Å². The standard InChI is InChI=1S/C28H35N3O2/c1-19(2)30-27(33)28(17-20-6-5-7-22(16-20)21-10-13-29-14-11-21)12-15-31(18-28)26(32)25-23-8-3-4-9-24(23)25/h5-7,10-11,13-14,16,19,23-25H,3-4,8-9,12,15,17-18H2,1-2H3,(H,30,33). The van der Waals surface area contributed by atoms with E-state index >= 15 is 0 Å². The zero-order valence-corrected chi connectivity index (χ0v) is 19.8. The second-order valence-electron chi connectivity index (χ2n) is 10.7. The van der Waals surface area contributed by atoms with Gasteiger partial charge in [-0.2, -0.15) is 0 Å². The summed E-state index contributed by atoms with van der Waals surface area (Å²) >= 11 is 0. The Morgan fingerprint density at radius 2 is 1.82 bits per heavy atom. The van der Waals surface area contributed by atoms with Gasteiger partial charge in [0.15, 0.2) is 0 Å². The molecule has 1 aromatic carbocycles. The van der Waals surface area contributed by atoms with Crippen LogP contribution < -0.4 is 5.32 Å². The summed E-state index contributed by atoms with van der Waals surface area (Å²) in [5.41, 5.74) is 2.81. The van der Waals surface area contributed by atoms with Crippen molar-refractivity contribution in [3.63, 3.8) is 0 Å². The molecule has 3 unspecified atom stereocenters. The molecule has 3 aliphatic rings. The molecule has 2 heterocycles. The molecule has 1 N–H and O–H groups in total. The van der Waals surface area contributed by atoms with E-state index in [0.717, 1.165) is 23.1 Å². The molecule has 0 spiro atoms. The summed E-state index contributed by atoms with van der Waals surface area (Å²) < 4.78 is 0. The van der Waals surface area contributed by atoms with E-state index in [0.29, 0.717) is 37.3 Å². The molecule has 2 amide bonds. The minimum absolute atomic E-state index is 0.0774. The number of fused-ring (bicyclic) bond motifs is 1. The zero-order valence-electron chi connectivity index (χ0n) is 19.8. The number of carbonyl (C=O) groups is 2. The molecular weight excluding hydrogens is 410 g/mol. The van der Waals surface area contributed by atoms with Gasteiger partial charge in [0.2, 0.25) is 11.8 Å². The minimum Gasteiger partial charge on any atom is -0.353 e. The molecule has 2 saturated carbocycles. The van der Waals surface area contributed by atoms with Crippen LogP contribution >= 0.6 is 0 Å². The van der Waals surface area contributed by atoms with E-state index in [-0.39, 0.29) is 17.9 Å². The van der Waals surface area contributed by atoms with E-state index < -0.39 is 5.41 Å². The first kappa shape index (κ1) is 22.1. The number of likely N-dealkylation sites (tertiary alicyclic amines) is 1. The fraction of sp³-hybridized carbons (Fsp3) is 0.536. The van der Waals surface area contributed by atoms with Crippen LogP contribution in [-0.2, 0) is 16.0 Å². The van der Waals surface area contributed by atoms with Gasteiger partial charge in [-0.1, -0.05) is 37.1 Å². The smallest absolute Gasteiger partial charge is 0.228 e. The Hall–Kier alpha value is -2.69. The van der Waals surface area contributed by atoms with Gasteiger partial charge < -0.3 is 10.2 Å². The fourth-order valence-electron chi connectivity index (χ4n) is 6.25. The summed E-state index contributed by atoms with van der Waals surface area (Å²) in [6.45, 7) is 5.22. The molecule has 1 aromatic heterocycles. The number of benzene rings is 1. The molecule has 3 atom stereocenters. The van der Waals surface area contributed by atoms with Crippen molar-refractivity contribution >= 4 is 11.8 Å². The predicted molar refractivity (Wildman–Crippen MR) is 129 cm³/mol. The molecule has 5 heteroatoms. The molecule has 174 valence electrons. The van der Waals surface area contributed by atoms with Crippen LogP contribution in [0.5, 0.6) is 0 Å². The van der Waals surface area contributed by atoms with Gasteiger partial charge in [-0.05, 0) is 80.2 Å². The first-order chi connectivity index (χ1) is 16.0. The van der Waals surface area contributed by atoms with E-state index in [2.05, 4.69) is 34.6 Å². The topological polar surface area (TPSA) is 62.3 Å². The van der Waals surface area contributed by atoms with Crippen LogP contribution in [0.25, 0.3) is 11.1 Å². The third-order valence-electron chi connectivity index (χ3n) is 7.99. The van der Waals surface area contributed by atoms with Crippen molar-refractivity contribution in [3.8, 4) is 11.1 Å². The SMILES string of the molecule is CC(C)NC(=O)C1(Cc2cccc(-c3ccncc3)c2)CCN(C(=O)C2C3CCCCC32)C1. The molecular formula is C28H35N3O2. The Balaban J connectivity index is 1.37. The molecule has 5 rings (SSSR count). The van der Waals surface area contributed by atoms with Crippen LogP contribution in [0.3, 0.4) is 0 Å². The Kier molecular flexibility index (Phi) is 5.98. The largest absolute Gasteiger partial charge is 0.353 e. The van der Waals surface area contributed by atoms with Gasteiger partial charge in [0.05, 0.1) is 5.41 Å². The number of carbonyl (C=O) groups excluding carboxylic acids is 2. The third-order valence-corrected chi connectivity index (χ3v) is 7.99. The summed E-state index contributed by atoms with van der Waals surface area (Å²) in [4.78, 5) is 33.0. The zero-order chi connectivity index (χ0) is 23.0. The van der Waals surface area contributed by atoms with Gasteiger partial charge in [-0.3, -0.25) is 14.6 Å². The highest BCUT2D eigenvalue weighted by Gasteiger charge is 2.57. The Labute approximate surface area is 197 Å². The van der Waals surface area contributed by atoms with Crippen LogP contribution in [0.4, 0.5) is 0 Å². The number of nitrogens with one attached hydrogen (secondary N) is 1. The van der Waals surface area contributed by atoms with E-state index in [1.54, 1.807) is 12.4 Å². The lowest BCUT2D eigenvalue weighted by Gasteiger charge is -2.30. The quantitative estimate of drug-likeness (QED) is 0.714. The summed E-state index contributed by atoms with van der Waals surface area (Å²) in [5, 5.41) is 3.16. The van der Waals surface area contributed by atoms with Crippen LogP contribution in [0.2, 0.25) is 0 Å². The number of hydrogen-bond donors (Lipinski definition) is 1. The number of pyridine rings is 1. The number of aromatic nitrogens is 1. The van der Waals surface area contributed by atoms with Crippen LogP contribution in [0, 0.1) is 23.2 Å². The maximum absolute atomic E-state index is 13.5. The van der Waals surface area contributed by atoms with Gasteiger partial charge in [-0.15, -0.1) is 0 Å². The third kappa shape index (κ3) is 4.42. The highest BCUT2D eigenvalue weighted by Crippen LogP contribution is 2.56. The molecule has 0 bridgehead atoms. The number of rotatable bonds is 6. The van der Waals surface area contributed by atoms with Gasteiger partial charge >= 0.3 is 0 Å². The predicted octanol–water partition coefficient (Wildman–Crippen LogP) is 4.47. The molecule has 2 aliphatic carbocycles. The van der Waals surface area contributed by atoms with Gasteiger partial charge in [0, 0.05) is 37.4 Å². The lowest BCUT2D eigenvalue weighted by Crippen LogP contribution is -2.47. The average Bonchev–Trinajstić information content (AvgIpc) is 3.40. The fourth-order valence-corrected chi connectivity index (χ4v) is 6.25. The highest BCUT2D eigenvalue weighted by molar-refractivity contribution is 5.87. The number of nitrogens with zero attached hydrogens (tertiary/aromatic N) is 2. The van der Waals surface area contributed by atoms with Crippen LogP contribution in [-0.4, -0.2) is 40.8 Å². The first-order valence-electron chi connectivity index (χ1n) is 12.6. The summed E-state index contributed by atoms with van der Waals surface area (Å²) in [6, 6.07) is 12.5. The Morgan fingerprint density at radius 1 is 1.09 bits per heavy atom. The lowest BCUT2D eigenvalue weighted by molar-refractivity contribution is -0.134. The Bertz CT molecular complexity index is 1010. The molecule has 2 aromatic rings. The number of amides is 2.